The molecular weight excluding hydrogens is 499 g/mol. The third kappa shape index (κ3) is 4.94. The molecule has 4 atom stereocenters. The van der Waals surface area contributed by atoms with E-state index >= 15 is 0 Å². The highest BCUT2D eigenvalue weighted by Crippen LogP contribution is 2.34. The molecule has 0 aliphatic carbocycles. The lowest BCUT2D eigenvalue weighted by Gasteiger charge is -2.20. The maximum absolute atomic E-state index is 14.2. The van der Waals surface area contributed by atoms with Crippen molar-refractivity contribution in [2.75, 3.05) is 37.8 Å². The van der Waals surface area contributed by atoms with Crippen LogP contribution in [-0.2, 0) is 25.6 Å². The van der Waals surface area contributed by atoms with Gasteiger partial charge in [-0.2, -0.15) is 4.36 Å². The number of rotatable bonds is 5. The van der Waals surface area contributed by atoms with Gasteiger partial charge in [0.05, 0.1) is 39.8 Å². The van der Waals surface area contributed by atoms with Crippen LogP contribution in [-0.4, -0.2) is 81.5 Å². The van der Waals surface area contributed by atoms with Crippen LogP contribution in [0.4, 0.5) is 10.1 Å². The van der Waals surface area contributed by atoms with Crippen molar-refractivity contribution in [2.45, 2.75) is 37.8 Å². The Balaban J connectivity index is 1.31. The van der Waals surface area contributed by atoms with Gasteiger partial charge in [0.15, 0.2) is 6.10 Å². The summed E-state index contributed by atoms with van der Waals surface area (Å²) in [5.74, 6) is 1.04. The minimum Gasteiger partial charge on any atom is -0.485 e. The monoisotopic (exact) mass is 528 g/mol. The molecule has 11 heteroatoms. The fraction of sp³-hybridized carbons (Fsp3) is 0.462. The van der Waals surface area contributed by atoms with E-state index in [1.807, 2.05) is 19.1 Å². The summed E-state index contributed by atoms with van der Waals surface area (Å²) >= 11 is 0. The first-order valence-corrected chi connectivity index (χ1v) is 14.3. The van der Waals surface area contributed by atoms with Crippen LogP contribution in [0.15, 0.2) is 41.0 Å². The minimum absolute atomic E-state index is 0.192. The SMILES string of the molecule is Cc1cc(N=S2(=O)CCNCC2)cc2ncnc(Cc3ccc(F)cc3O[C@@H]3CO[C@H]4[C@@H]3OC[C@H]4O)c12. The predicted molar refractivity (Wildman–Crippen MR) is 136 cm³/mol. The quantitative estimate of drug-likeness (QED) is 0.519. The molecule has 0 saturated carbocycles. The molecular formula is C26H29FN4O5S. The van der Waals surface area contributed by atoms with E-state index in [0.29, 0.717) is 48.0 Å². The summed E-state index contributed by atoms with van der Waals surface area (Å²) in [4.78, 5) is 9.00. The molecule has 0 radical (unpaired) electrons. The van der Waals surface area contributed by atoms with Gasteiger partial charge in [-0.25, -0.2) is 18.6 Å². The first kappa shape index (κ1) is 24.6. The molecule has 3 aliphatic heterocycles. The first-order chi connectivity index (χ1) is 17.9. The number of ether oxygens (including phenoxy) is 3. The van der Waals surface area contributed by atoms with Crippen LogP contribution < -0.4 is 10.1 Å². The number of fused-ring (bicyclic) bond motifs is 2. The topological polar surface area (TPSA) is 115 Å². The molecule has 0 amide bonds. The Morgan fingerprint density at radius 3 is 2.81 bits per heavy atom. The molecule has 2 aromatic carbocycles. The average Bonchev–Trinajstić information content (AvgIpc) is 3.44. The largest absolute Gasteiger partial charge is 0.485 e. The minimum atomic E-state index is -2.29. The number of nitrogens with zero attached hydrogens (tertiary/aromatic N) is 3. The summed E-state index contributed by atoms with van der Waals surface area (Å²) in [5, 5.41) is 14.1. The molecule has 6 rings (SSSR count). The molecule has 3 saturated heterocycles. The standard InChI is InChI=1S/C26H29FN4O5S/c1-15-8-18(31-37(33)6-4-28-5-7-37)11-20-24(15)19(29-14-30-20)9-16-2-3-17(27)10-22(16)36-23-13-35-25-21(32)12-34-26(23)25/h2-3,8,10-11,14,21,23,25-26,28,32H,4-7,9,12-13H2,1H3/t21-,23-,25-,26-/m1/s1. The second kappa shape index (κ2) is 9.88. The molecule has 2 N–H and O–H groups in total. The van der Waals surface area contributed by atoms with E-state index in [2.05, 4.69) is 19.6 Å². The smallest absolute Gasteiger partial charge is 0.151 e. The van der Waals surface area contributed by atoms with Crippen molar-refractivity contribution in [2.24, 2.45) is 4.36 Å². The van der Waals surface area contributed by atoms with E-state index in [4.69, 9.17) is 14.2 Å². The number of hydrogen-bond donors (Lipinski definition) is 2. The van der Waals surface area contributed by atoms with Crippen molar-refractivity contribution in [1.29, 1.82) is 0 Å². The average molecular weight is 529 g/mol. The van der Waals surface area contributed by atoms with Crippen molar-refractivity contribution < 1.29 is 27.9 Å². The van der Waals surface area contributed by atoms with E-state index in [1.165, 1.54) is 18.5 Å². The lowest BCUT2D eigenvalue weighted by atomic mass is 10.0. The van der Waals surface area contributed by atoms with Gasteiger partial charge < -0.3 is 24.6 Å². The number of aliphatic hydroxyl groups excluding tert-OH is 1. The number of benzene rings is 2. The van der Waals surface area contributed by atoms with E-state index in [1.54, 1.807) is 6.07 Å². The highest BCUT2D eigenvalue weighted by Gasteiger charge is 2.48. The van der Waals surface area contributed by atoms with Crippen LogP contribution in [0, 0.1) is 12.7 Å². The van der Waals surface area contributed by atoms with Gasteiger partial charge >= 0.3 is 0 Å². The van der Waals surface area contributed by atoms with Crippen molar-refractivity contribution in [3.05, 3.63) is 59.3 Å². The lowest BCUT2D eigenvalue weighted by Crippen LogP contribution is -2.35. The number of aliphatic hydroxyl groups is 1. The number of hydrogen-bond acceptors (Lipinski definition) is 9. The summed E-state index contributed by atoms with van der Waals surface area (Å²) in [6, 6.07) is 8.22. The van der Waals surface area contributed by atoms with E-state index in [0.717, 1.165) is 22.2 Å². The zero-order chi connectivity index (χ0) is 25.6. The van der Waals surface area contributed by atoms with Crippen molar-refractivity contribution >= 4 is 26.3 Å². The summed E-state index contributed by atoms with van der Waals surface area (Å²) in [5.41, 5.74) is 3.82. The molecule has 37 heavy (non-hydrogen) atoms. The van der Waals surface area contributed by atoms with E-state index < -0.39 is 40.0 Å². The van der Waals surface area contributed by atoms with Crippen LogP contribution in [0.1, 0.15) is 16.8 Å². The predicted octanol–water partition coefficient (Wildman–Crippen LogP) is 2.28. The van der Waals surface area contributed by atoms with Crippen LogP contribution >= 0.6 is 0 Å². The normalized spacial score (nSPS) is 26.8. The Kier molecular flexibility index (Phi) is 6.58. The van der Waals surface area contributed by atoms with Crippen molar-refractivity contribution in [1.82, 2.24) is 15.3 Å². The molecule has 3 fully saturated rings. The Hall–Kier alpha value is -2.70. The molecule has 0 unspecified atom stereocenters. The number of aromatic nitrogens is 2. The van der Waals surface area contributed by atoms with Gasteiger partial charge in [0.2, 0.25) is 0 Å². The third-order valence-corrected chi connectivity index (χ3v) is 9.34. The highest BCUT2D eigenvalue weighted by atomic mass is 32.2. The Morgan fingerprint density at radius 1 is 1.16 bits per heavy atom. The summed E-state index contributed by atoms with van der Waals surface area (Å²) < 4.78 is 49.5. The van der Waals surface area contributed by atoms with Crippen molar-refractivity contribution in [3.63, 3.8) is 0 Å². The van der Waals surface area contributed by atoms with E-state index in [9.17, 15) is 13.7 Å². The zero-order valence-corrected chi connectivity index (χ0v) is 21.2. The zero-order valence-electron chi connectivity index (χ0n) is 20.4. The fourth-order valence-corrected chi connectivity index (χ4v) is 7.09. The molecule has 4 heterocycles. The van der Waals surface area contributed by atoms with Gasteiger partial charge in [-0.3, -0.25) is 0 Å². The number of nitrogens with one attached hydrogen (secondary N) is 1. The molecule has 0 bridgehead atoms. The van der Waals surface area contributed by atoms with Crippen molar-refractivity contribution in [3.8, 4) is 5.75 Å². The Labute approximate surface area is 214 Å². The summed E-state index contributed by atoms with van der Waals surface area (Å²) in [6.45, 7) is 3.81. The molecule has 0 spiro atoms. The molecule has 9 nitrogen and oxygen atoms in total. The number of halogens is 1. The van der Waals surface area contributed by atoms with E-state index in [-0.39, 0.29) is 13.2 Å². The lowest BCUT2D eigenvalue weighted by molar-refractivity contribution is 0.00843. The van der Waals surface area contributed by atoms with Crippen LogP contribution in [0.3, 0.4) is 0 Å². The molecule has 196 valence electrons. The van der Waals surface area contributed by atoms with Gasteiger partial charge in [-0.05, 0) is 30.7 Å². The molecule has 3 aliphatic rings. The second-order valence-corrected chi connectivity index (χ2v) is 12.3. The van der Waals surface area contributed by atoms with Gasteiger partial charge in [0.1, 0.15) is 36.2 Å². The van der Waals surface area contributed by atoms with Crippen LogP contribution in [0.5, 0.6) is 5.75 Å². The third-order valence-electron chi connectivity index (χ3n) is 7.11. The molecule has 3 aromatic rings. The maximum atomic E-state index is 14.2. The van der Waals surface area contributed by atoms with Gasteiger partial charge in [0, 0.05) is 48.0 Å². The molecule has 1 aromatic heterocycles. The van der Waals surface area contributed by atoms with Gasteiger partial charge in [-0.1, -0.05) is 6.07 Å². The van der Waals surface area contributed by atoms with Gasteiger partial charge in [0.25, 0.3) is 0 Å². The van der Waals surface area contributed by atoms with Crippen LogP contribution in [0.2, 0.25) is 0 Å². The fourth-order valence-electron chi connectivity index (χ4n) is 5.29. The van der Waals surface area contributed by atoms with Crippen LogP contribution in [0.25, 0.3) is 10.9 Å². The van der Waals surface area contributed by atoms with Gasteiger partial charge in [-0.15, -0.1) is 0 Å². The highest BCUT2D eigenvalue weighted by molar-refractivity contribution is 7.93. The Bertz CT molecular complexity index is 1450. The second-order valence-electron chi connectivity index (χ2n) is 9.75. The summed E-state index contributed by atoms with van der Waals surface area (Å²) in [6.07, 6.45) is -0.0900. The summed E-state index contributed by atoms with van der Waals surface area (Å²) in [7, 11) is -2.29. The maximum Gasteiger partial charge on any atom is 0.151 e. The number of aryl methyl sites for hydroxylation is 1. The first-order valence-electron chi connectivity index (χ1n) is 12.4. The Morgan fingerprint density at radius 2 is 1.97 bits per heavy atom.